The Kier molecular flexibility index (Phi) is 2.49. The van der Waals surface area contributed by atoms with Crippen molar-refractivity contribution in [2.75, 3.05) is 5.32 Å². The fourth-order valence-corrected chi connectivity index (χ4v) is 1.76. The number of phenolic OH excluding ortho intramolecular Hbond substituents is 1. The molecule has 0 bridgehead atoms. The lowest BCUT2D eigenvalue weighted by Crippen LogP contribution is -2.03. The Labute approximate surface area is 115 Å². The van der Waals surface area contributed by atoms with Crippen LogP contribution in [0.4, 0.5) is 11.4 Å². The number of para-hydroxylation sites is 1. The molecule has 0 atom stereocenters. The van der Waals surface area contributed by atoms with E-state index in [4.69, 9.17) is 4.11 Å². The summed E-state index contributed by atoms with van der Waals surface area (Å²) in [6.45, 7) is -0.898. The number of carbonyl (C=O) groups is 1. The van der Waals surface area contributed by atoms with Crippen LogP contribution in [0.2, 0.25) is 0 Å². The van der Waals surface area contributed by atoms with Crippen molar-refractivity contribution < 1.29 is 19.1 Å². The van der Waals surface area contributed by atoms with E-state index in [1.165, 1.54) is 18.2 Å². The van der Waals surface area contributed by atoms with Crippen molar-refractivity contribution in [3.63, 3.8) is 0 Å². The molecule has 0 aliphatic heterocycles. The third-order valence-electron chi connectivity index (χ3n) is 2.87. The van der Waals surface area contributed by atoms with Crippen molar-refractivity contribution in [1.29, 1.82) is 0 Å². The van der Waals surface area contributed by atoms with E-state index in [1.54, 1.807) is 25.1 Å². The molecule has 0 amide bonds. The van der Waals surface area contributed by atoms with Crippen LogP contribution in [-0.4, -0.2) is 16.2 Å². The minimum absolute atomic E-state index is 0.0745. The van der Waals surface area contributed by atoms with E-state index in [0.29, 0.717) is 16.9 Å². The van der Waals surface area contributed by atoms with Gasteiger partial charge in [0.15, 0.2) is 0 Å². The summed E-state index contributed by atoms with van der Waals surface area (Å²) in [6.07, 6.45) is 0. The normalized spacial score (nSPS) is 13.2. The van der Waals surface area contributed by atoms with Crippen LogP contribution in [0.1, 0.15) is 25.6 Å². The minimum Gasteiger partial charge on any atom is -0.508 e. The first-order valence-electron chi connectivity index (χ1n) is 7.14. The summed E-state index contributed by atoms with van der Waals surface area (Å²) in [5.41, 5.74) is 1.05. The number of phenols is 1. The maximum absolute atomic E-state index is 11.2. The minimum atomic E-state index is -2.46. The first-order valence-corrected chi connectivity index (χ1v) is 5.64. The van der Waals surface area contributed by atoms with E-state index in [1.807, 2.05) is 0 Å². The van der Waals surface area contributed by atoms with Gasteiger partial charge in [0.1, 0.15) is 5.75 Å². The predicted molar refractivity (Wildman–Crippen MR) is 74.3 cm³/mol. The molecule has 0 unspecified atom stereocenters. The van der Waals surface area contributed by atoms with E-state index in [2.05, 4.69) is 5.32 Å². The standard InChI is InChI=1S/C15H15NO3/c1-9-10(2)14(17)8-7-12(9)16-13-6-4-3-5-11(13)15(18)19/h3-8,16-17H,1-2H3,(H,18,19)/i2D3. The van der Waals surface area contributed by atoms with Gasteiger partial charge in [-0.05, 0) is 49.2 Å². The summed E-state index contributed by atoms with van der Waals surface area (Å²) in [4.78, 5) is 11.2. The number of nitrogens with one attached hydrogen (secondary N) is 1. The van der Waals surface area contributed by atoms with Gasteiger partial charge in [0, 0.05) is 9.80 Å². The number of aromatic carboxylic acids is 1. The molecule has 0 radical (unpaired) electrons. The molecule has 0 aliphatic carbocycles. The van der Waals surface area contributed by atoms with Crippen LogP contribution >= 0.6 is 0 Å². The Morgan fingerprint density at radius 3 is 2.58 bits per heavy atom. The average molecular weight is 260 g/mol. The van der Waals surface area contributed by atoms with Crippen LogP contribution in [-0.2, 0) is 0 Å². The number of rotatable bonds is 3. The van der Waals surface area contributed by atoms with Crippen molar-refractivity contribution in [2.45, 2.75) is 13.8 Å². The van der Waals surface area contributed by atoms with E-state index in [0.717, 1.165) is 0 Å². The molecule has 0 fully saturated rings. The third kappa shape index (κ3) is 2.52. The molecule has 4 heteroatoms. The molecule has 2 rings (SSSR count). The second-order valence-electron chi connectivity index (χ2n) is 4.11. The highest BCUT2D eigenvalue weighted by Crippen LogP contribution is 2.29. The van der Waals surface area contributed by atoms with E-state index in [-0.39, 0.29) is 16.9 Å². The van der Waals surface area contributed by atoms with Crippen molar-refractivity contribution in [1.82, 2.24) is 0 Å². The van der Waals surface area contributed by atoms with Gasteiger partial charge in [-0.15, -0.1) is 0 Å². The Morgan fingerprint density at radius 2 is 1.89 bits per heavy atom. The zero-order valence-corrected chi connectivity index (χ0v) is 10.3. The largest absolute Gasteiger partial charge is 0.508 e. The molecule has 0 heterocycles. The van der Waals surface area contributed by atoms with Gasteiger partial charge >= 0.3 is 5.97 Å². The first kappa shape index (κ1) is 9.44. The monoisotopic (exact) mass is 260 g/mol. The molecule has 0 saturated carbocycles. The maximum atomic E-state index is 11.2. The number of benzene rings is 2. The first-order chi connectivity index (χ1) is 10.2. The Balaban J connectivity index is 2.51. The highest BCUT2D eigenvalue weighted by atomic mass is 16.4. The Hall–Kier alpha value is -2.49. The number of hydrogen-bond donors (Lipinski definition) is 3. The summed E-state index contributed by atoms with van der Waals surface area (Å²) in [6, 6.07) is 9.11. The Bertz CT molecular complexity index is 726. The Morgan fingerprint density at radius 1 is 1.16 bits per heavy atom. The molecule has 2 aromatic rings. The molecular weight excluding hydrogens is 242 g/mol. The second kappa shape index (κ2) is 5.02. The average Bonchev–Trinajstić information content (AvgIpc) is 2.41. The number of hydrogen-bond acceptors (Lipinski definition) is 3. The van der Waals surface area contributed by atoms with Crippen LogP contribution in [0.15, 0.2) is 36.4 Å². The molecule has 98 valence electrons. The van der Waals surface area contributed by atoms with Crippen LogP contribution in [0, 0.1) is 13.8 Å². The van der Waals surface area contributed by atoms with Gasteiger partial charge in [-0.25, -0.2) is 4.79 Å². The van der Waals surface area contributed by atoms with Gasteiger partial charge in [0.05, 0.1) is 11.3 Å². The fourth-order valence-electron chi connectivity index (χ4n) is 1.76. The van der Waals surface area contributed by atoms with Crippen molar-refractivity contribution in [3.05, 3.63) is 53.1 Å². The van der Waals surface area contributed by atoms with Crippen LogP contribution in [0.3, 0.4) is 0 Å². The maximum Gasteiger partial charge on any atom is 0.337 e. The summed E-state index contributed by atoms with van der Waals surface area (Å²) < 4.78 is 22.5. The highest BCUT2D eigenvalue weighted by Gasteiger charge is 2.11. The predicted octanol–water partition coefficient (Wildman–Crippen LogP) is 3.45. The van der Waals surface area contributed by atoms with Gasteiger partial charge < -0.3 is 15.5 Å². The number of anilines is 2. The SMILES string of the molecule is [2H]C([2H])([2H])c1c(O)ccc(Nc2ccccc2C(=O)O)c1C. The molecule has 0 spiro atoms. The number of aromatic hydroxyl groups is 1. The quantitative estimate of drug-likeness (QED) is 0.739. The molecule has 4 nitrogen and oxygen atoms in total. The molecule has 0 saturated heterocycles. The summed E-state index contributed by atoms with van der Waals surface area (Å²) >= 11 is 0. The lowest BCUT2D eigenvalue weighted by Gasteiger charge is -2.14. The molecule has 2 aromatic carbocycles. The highest BCUT2D eigenvalue weighted by molar-refractivity contribution is 5.95. The smallest absolute Gasteiger partial charge is 0.337 e. The van der Waals surface area contributed by atoms with E-state index in [9.17, 15) is 15.0 Å². The lowest BCUT2D eigenvalue weighted by molar-refractivity contribution is 0.0698. The van der Waals surface area contributed by atoms with Gasteiger partial charge in [-0.1, -0.05) is 12.1 Å². The van der Waals surface area contributed by atoms with E-state index < -0.39 is 12.8 Å². The number of carboxylic acids is 1. The third-order valence-corrected chi connectivity index (χ3v) is 2.87. The van der Waals surface area contributed by atoms with Crippen LogP contribution < -0.4 is 5.32 Å². The van der Waals surface area contributed by atoms with Crippen LogP contribution in [0.25, 0.3) is 0 Å². The zero-order chi connectivity index (χ0) is 16.5. The van der Waals surface area contributed by atoms with Crippen molar-refractivity contribution in [3.8, 4) is 5.75 Å². The van der Waals surface area contributed by atoms with E-state index >= 15 is 0 Å². The molecule has 3 N–H and O–H groups in total. The van der Waals surface area contributed by atoms with Gasteiger partial charge in [-0.3, -0.25) is 0 Å². The molecular formula is C15H15NO3. The fraction of sp³-hybridized carbons (Fsp3) is 0.133. The van der Waals surface area contributed by atoms with Crippen LogP contribution in [0.5, 0.6) is 5.75 Å². The summed E-state index contributed by atoms with van der Waals surface area (Å²) in [5, 5.41) is 21.9. The zero-order valence-electron chi connectivity index (χ0n) is 13.3. The summed E-state index contributed by atoms with van der Waals surface area (Å²) in [5.74, 6) is -1.40. The van der Waals surface area contributed by atoms with Crippen molar-refractivity contribution >= 4 is 17.3 Å². The number of carboxylic acid groups (broad SMARTS) is 1. The van der Waals surface area contributed by atoms with Gasteiger partial charge in [-0.2, -0.15) is 0 Å². The van der Waals surface area contributed by atoms with Gasteiger partial charge in [0.2, 0.25) is 0 Å². The van der Waals surface area contributed by atoms with Crippen molar-refractivity contribution in [2.24, 2.45) is 0 Å². The lowest BCUT2D eigenvalue weighted by atomic mass is 10.1. The van der Waals surface area contributed by atoms with Gasteiger partial charge in [0.25, 0.3) is 0 Å². The summed E-state index contributed by atoms with van der Waals surface area (Å²) in [7, 11) is 0. The molecule has 0 aliphatic rings. The topological polar surface area (TPSA) is 69.6 Å². The molecule has 19 heavy (non-hydrogen) atoms. The second-order valence-corrected chi connectivity index (χ2v) is 4.11. The molecule has 0 aromatic heterocycles.